The van der Waals surface area contributed by atoms with Gasteiger partial charge in [-0.3, -0.25) is 4.99 Å². The molecule has 3 rings (SSSR count). The van der Waals surface area contributed by atoms with Crippen LogP contribution in [0.1, 0.15) is 18.1 Å². The lowest BCUT2D eigenvalue weighted by atomic mass is 10.0. The maximum Gasteiger partial charge on any atom is 0.336 e. The lowest BCUT2D eigenvalue weighted by Gasteiger charge is -2.12. The molecule has 3 aromatic rings. The summed E-state index contributed by atoms with van der Waals surface area (Å²) < 4.78 is 5.40. The summed E-state index contributed by atoms with van der Waals surface area (Å²) in [6.07, 6.45) is 0. The molecule has 0 radical (unpaired) electrons. The normalized spacial score (nSPS) is 11.5. The van der Waals surface area contributed by atoms with Crippen LogP contribution >= 0.6 is 11.6 Å². The quantitative estimate of drug-likeness (QED) is 0.356. The van der Waals surface area contributed by atoms with E-state index in [-0.39, 0.29) is 0 Å². The molecule has 0 unspecified atom stereocenters. The molecular weight excluding hydrogens is 346 g/mol. The molecule has 0 aliphatic rings. The van der Waals surface area contributed by atoms with Gasteiger partial charge in [0, 0.05) is 11.1 Å². The van der Waals surface area contributed by atoms with Crippen molar-refractivity contribution in [2.75, 3.05) is 0 Å². The molecule has 0 aliphatic carbocycles. The highest BCUT2D eigenvalue weighted by atomic mass is 35.5. The van der Waals surface area contributed by atoms with Gasteiger partial charge in [-0.25, -0.2) is 4.79 Å². The molecule has 0 saturated carbocycles. The summed E-state index contributed by atoms with van der Waals surface area (Å²) in [6, 6.07) is 25.8. The van der Waals surface area contributed by atoms with Gasteiger partial charge in [-0.1, -0.05) is 84.4 Å². The fraction of sp³-hybridized carbons (Fsp3) is 0.0909. The molecule has 0 amide bonds. The molecule has 3 aromatic carbocycles. The Hall–Kier alpha value is -2.91. The Balaban J connectivity index is 1.90. The first-order valence-corrected chi connectivity index (χ1v) is 8.68. The van der Waals surface area contributed by atoms with Crippen molar-refractivity contribution in [1.82, 2.24) is 0 Å². The van der Waals surface area contributed by atoms with Gasteiger partial charge in [0.2, 0.25) is 0 Å². The third-order valence-corrected chi connectivity index (χ3v) is 4.12. The van der Waals surface area contributed by atoms with E-state index < -0.39 is 12.0 Å². The van der Waals surface area contributed by atoms with Gasteiger partial charge in [0.15, 0.2) is 0 Å². The van der Waals surface area contributed by atoms with Gasteiger partial charge in [-0.15, -0.1) is 0 Å². The van der Waals surface area contributed by atoms with E-state index in [0.29, 0.717) is 10.8 Å². The van der Waals surface area contributed by atoms with E-state index in [9.17, 15) is 4.79 Å². The lowest BCUT2D eigenvalue weighted by molar-refractivity contribution is -0.135. The molecule has 0 bridgehead atoms. The minimum absolute atomic E-state index is 0.335. The zero-order valence-electron chi connectivity index (χ0n) is 14.3. The SMILES string of the molecule is C[C@@H](N=C(c1ccccc1)c1ccccc1)C(=O)Oc1ccccc1Cl. The number of halogens is 1. The first-order chi connectivity index (χ1) is 12.6. The van der Waals surface area contributed by atoms with E-state index in [2.05, 4.69) is 4.99 Å². The van der Waals surface area contributed by atoms with Crippen molar-refractivity contribution in [1.29, 1.82) is 0 Å². The Bertz CT molecular complexity index is 866. The van der Waals surface area contributed by atoms with Crippen LogP contribution in [0, 0.1) is 0 Å². The van der Waals surface area contributed by atoms with Crippen LogP contribution in [0.25, 0.3) is 0 Å². The van der Waals surface area contributed by atoms with Gasteiger partial charge in [0.1, 0.15) is 11.8 Å². The number of hydrogen-bond acceptors (Lipinski definition) is 3. The third-order valence-electron chi connectivity index (χ3n) is 3.81. The van der Waals surface area contributed by atoms with Crippen molar-refractivity contribution in [2.45, 2.75) is 13.0 Å². The second kappa shape index (κ2) is 8.45. The fourth-order valence-electron chi connectivity index (χ4n) is 2.48. The summed E-state index contributed by atoms with van der Waals surface area (Å²) in [4.78, 5) is 17.1. The van der Waals surface area contributed by atoms with Crippen molar-refractivity contribution >= 4 is 23.3 Å². The second-order valence-electron chi connectivity index (χ2n) is 5.74. The van der Waals surface area contributed by atoms with Crippen LogP contribution in [-0.2, 0) is 4.79 Å². The van der Waals surface area contributed by atoms with Gasteiger partial charge >= 0.3 is 5.97 Å². The minimum Gasteiger partial charge on any atom is -0.423 e. The molecule has 0 saturated heterocycles. The largest absolute Gasteiger partial charge is 0.423 e. The van der Waals surface area contributed by atoms with Crippen LogP contribution in [0.15, 0.2) is 89.9 Å². The van der Waals surface area contributed by atoms with E-state index in [1.54, 1.807) is 31.2 Å². The van der Waals surface area contributed by atoms with Crippen LogP contribution in [0.2, 0.25) is 5.02 Å². The highest BCUT2D eigenvalue weighted by Gasteiger charge is 2.18. The molecule has 26 heavy (non-hydrogen) atoms. The third kappa shape index (κ3) is 4.38. The van der Waals surface area contributed by atoms with Crippen LogP contribution in [-0.4, -0.2) is 17.7 Å². The van der Waals surface area contributed by atoms with Gasteiger partial charge in [0.25, 0.3) is 0 Å². The number of carbonyl (C=O) groups is 1. The average molecular weight is 364 g/mol. The first-order valence-electron chi connectivity index (χ1n) is 8.30. The summed E-state index contributed by atoms with van der Waals surface area (Å²) in [5.41, 5.74) is 2.63. The van der Waals surface area contributed by atoms with E-state index in [1.807, 2.05) is 60.7 Å². The van der Waals surface area contributed by atoms with Crippen molar-refractivity contribution in [2.24, 2.45) is 4.99 Å². The molecule has 1 atom stereocenters. The number of esters is 1. The van der Waals surface area contributed by atoms with Crippen LogP contribution in [0.4, 0.5) is 0 Å². The maximum atomic E-state index is 12.5. The Morgan fingerprint density at radius 1 is 0.846 bits per heavy atom. The fourth-order valence-corrected chi connectivity index (χ4v) is 2.65. The summed E-state index contributed by atoms with van der Waals surface area (Å²) in [5, 5.41) is 0.392. The number of carbonyl (C=O) groups excluding carboxylic acids is 1. The zero-order chi connectivity index (χ0) is 18.4. The highest BCUT2D eigenvalue weighted by molar-refractivity contribution is 6.32. The number of nitrogens with zero attached hydrogens (tertiary/aromatic N) is 1. The Labute approximate surface area is 157 Å². The Kier molecular flexibility index (Phi) is 5.82. The van der Waals surface area contributed by atoms with Crippen molar-refractivity contribution < 1.29 is 9.53 Å². The number of hydrogen-bond donors (Lipinski definition) is 0. The Morgan fingerprint density at radius 2 is 1.35 bits per heavy atom. The summed E-state index contributed by atoms with van der Waals surface area (Å²) in [6.45, 7) is 1.71. The van der Waals surface area contributed by atoms with Gasteiger partial charge < -0.3 is 4.74 Å². The molecule has 0 aromatic heterocycles. The molecular formula is C22H18ClNO2. The first kappa shape index (κ1) is 17.9. The average Bonchev–Trinajstić information content (AvgIpc) is 2.69. The lowest BCUT2D eigenvalue weighted by Crippen LogP contribution is -2.23. The van der Waals surface area contributed by atoms with E-state index in [4.69, 9.17) is 16.3 Å². The molecule has 0 aliphatic heterocycles. The number of ether oxygens (including phenoxy) is 1. The molecule has 0 fully saturated rings. The van der Waals surface area contributed by atoms with E-state index in [0.717, 1.165) is 16.8 Å². The molecule has 0 spiro atoms. The number of rotatable bonds is 5. The number of para-hydroxylation sites is 1. The van der Waals surface area contributed by atoms with E-state index in [1.165, 1.54) is 0 Å². The topological polar surface area (TPSA) is 38.7 Å². The smallest absolute Gasteiger partial charge is 0.336 e. The van der Waals surface area contributed by atoms with Crippen molar-refractivity contribution in [3.05, 3.63) is 101 Å². The van der Waals surface area contributed by atoms with Crippen LogP contribution in [0.3, 0.4) is 0 Å². The molecule has 4 heteroatoms. The predicted octanol–water partition coefficient (Wildman–Crippen LogP) is 5.17. The van der Waals surface area contributed by atoms with Gasteiger partial charge in [-0.2, -0.15) is 0 Å². The molecule has 0 N–H and O–H groups in total. The van der Waals surface area contributed by atoms with Crippen LogP contribution in [0.5, 0.6) is 5.75 Å². The number of benzene rings is 3. The molecule has 3 nitrogen and oxygen atoms in total. The summed E-state index contributed by atoms with van der Waals surface area (Å²) in [5.74, 6) is -0.121. The Morgan fingerprint density at radius 3 is 1.88 bits per heavy atom. The minimum atomic E-state index is -0.679. The van der Waals surface area contributed by atoms with E-state index >= 15 is 0 Å². The summed E-state index contributed by atoms with van der Waals surface area (Å²) >= 11 is 6.06. The molecule has 0 heterocycles. The second-order valence-corrected chi connectivity index (χ2v) is 6.14. The monoisotopic (exact) mass is 363 g/mol. The maximum absolute atomic E-state index is 12.5. The zero-order valence-corrected chi connectivity index (χ0v) is 15.1. The predicted molar refractivity (Wildman–Crippen MR) is 105 cm³/mol. The standard InChI is InChI=1S/C22H18ClNO2/c1-16(22(25)26-20-15-9-8-14-19(20)23)24-21(17-10-4-2-5-11-17)18-12-6-3-7-13-18/h2-16H,1H3/t16-/m1/s1. The van der Waals surface area contributed by atoms with Crippen LogP contribution < -0.4 is 4.74 Å². The van der Waals surface area contributed by atoms with Gasteiger partial charge in [-0.05, 0) is 19.1 Å². The summed E-state index contributed by atoms with van der Waals surface area (Å²) in [7, 11) is 0. The van der Waals surface area contributed by atoms with Crippen molar-refractivity contribution in [3.63, 3.8) is 0 Å². The van der Waals surface area contributed by atoms with Crippen molar-refractivity contribution in [3.8, 4) is 5.75 Å². The number of aliphatic imine (C=N–C) groups is 1. The molecule has 130 valence electrons. The van der Waals surface area contributed by atoms with Gasteiger partial charge in [0.05, 0.1) is 10.7 Å². The highest BCUT2D eigenvalue weighted by Crippen LogP contribution is 2.24.